The van der Waals surface area contributed by atoms with Gasteiger partial charge in [0.05, 0.1) is 12.4 Å². The molecule has 2 aromatic rings. The van der Waals surface area contributed by atoms with Crippen molar-refractivity contribution in [2.45, 2.75) is 0 Å². The third kappa shape index (κ3) is 3.94. The summed E-state index contributed by atoms with van der Waals surface area (Å²) in [6.07, 6.45) is 2.97. The number of rotatable bonds is 5. The number of benzene rings is 2. The zero-order valence-electron chi connectivity index (χ0n) is 11.4. The van der Waals surface area contributed by atoms with E-state index in [4.69, 9.17) is 11.1 Å². The molecule has 0 atom stereocenters. The molecule has 0 aromatic heterocycles. The van der Waals surface area contributed by atoms with Crippen molar-refractivity contribution in [1.82, 2.24) is 0 Å². The average Bonchev–Trinajstić information content (AvgIpc) is 2.55. The molecular weight excluding hydrogens is 280 g/mol. The van der Waals surface area contributed by atoms with Gasteiger partial charge in [0.1, 0.15) is 0 Å². The Morgan fingerprint density at radius 3 is 1.50 bits per heavy atom. The summed E-state index contributed by atoms with van der Waals surface area (Å²) in [4.78, 5) is 5.51. The van der Waals surface area contributed by atoms with E-state index >= 15 is 0 Å². The second kappa shape index (κ2) is 7.86. The fourth-order valence-electron chi connectivity index (χ4n) is 1.66. The van der Waals surface area contributed by atoms with E-state index in [1.54, 1.807) is 48.5 Å². The average molecular weight is 290 g/mol. The van der Waals surface area contributed by atoms with Crippen LogP contribution >= 0.6 is 0 Å². The minimum absolute atomic E-state index is 0.471. The number of nitrogens with zero attached hydrogens (tertiary/aromatic N) is 8. The Morgan fingerprint density at radius 1 is 0.682 bits per heavy atom. The molecule has 0 unspecified atom stereocenters. The van der Waals surface area contributed by atoms with E-state index in [9.17, 15) is 0 Å². The Labute approximate surface area is 125 Å². The largest absolute Gasteiger partial charge is 0.159 e. The quantitative estimate of drug-likeness (QED) is 0.241. The Balaban J connectivity index is 2.20. The van der Waals surface area contributed by atoms with Gasteiger partial charge in [0.2, 0.25) is 0 Å². The van der Waals surface area contributed by atoms with Crippen LogP contribution in [0.1, 0.15) is 11.1 Å². The van der Waals surface area contributed by atoms with Crippen LogP contribution in [-0.2, 0) is 0 Å². The molecule has 0 aliphatic carbocycles. The first kappa shape index (κ1) is 14.8. The summed E-state index contributed by atoms with van der Waals surface area (Å²) in [5.74, 6) is 0. The van der Waals surface area contributed by atoms with E-state index in [-0.39, 0.29) is 0 Å². The highest BCUT2D eigenvalue weighted by Gasteiger charge is 1.96. The first-order valence-corrected chi connectivity index (χ1v) is 6.20. The third-order valence-electron chi connectivity index (χ3n) is 2.64. The second-order valence-electron chi connectivity index (χ2n) is 3.99. The van der Waals surface area contributed by atoms with E-state index in [1.165, 1.54) is 12.4 Å². The Hall–Kier alpha value is -3.60. The molecule has 106 valence electrons. The number of azide groups is 2. The minimum atomic E-state index is 0.471. The number of hydrogen-bond donors (Lipinski definition) is 0. The molecule has 0 N–H and O–H groups in total. The highest BCUT2D eigenvalue weighted by atomic mass is 15.2. The molecule has 0 saturated heterocycles. The highest BCUT2D eigenvalue weighted by molar-refractivity contribution is 5.89. The molecule has 0 fully saturated rings. The van der Waals surface area contributed by atoms with Gasteiger partial charge in [-0.15, -0.1) is 0 Å². The normalized spacial score (nSPS) is 10.4. The van der Waals surface area contributed by atoms with Gasteiger partial charge < -0.3 is 0 Å². The standard InChI is InChI=1S/C14H10N8/c15-21-19-13-7-3-1-5-11(13)9-17-18-10-12-6-2-4-8-14(12)20-22-16/h1-10H/b17-9+,18-10+. The van der Waals surface area contributed by atoms with Crippen molar-refractivity contribution >= 4 is 23.8 Å². The molecule has 0 aliphatic heterocycles. The monoisotopic (exact) mass is 290 g/mol. The fraction of sp³-hybridized carbons (Fsp3) is 0. The lowest BCUT2D eigenvalue weighted by molar-refractivity contribution is 1.26. The van der Waals surface area contributed by atoms with Gasteiger partial charge >= 0.3 is 0 Å². The summed E-state index contributed by atoms with van der Waals surface area (Å²) in [7, 11) is 0. The molecule has 0 aliphatic rings. The zero-order chi connectivity index (χ0) is 15.6. The molecule has 0 radical (unpaired) electrons. The first-order chi connectivity index (χ1) is 10.8. The van der Waals surface area contributed by atoms with E-state index in [0.717, 1.165) is 0 Å². The van der Waals surface area contributed by atoms with Crippen molar-refractivity contribution in [3.63, 3.8) is 0 Å². The maximum absolute atomic E-state index is 8.49. The summed E-state index contributed by atoms with van der Waals surface area (Å²) in [5.41, 5.74) is 19.2. The van der Waals surface area contributed by atoms with E-state index in [2.05, 4.69) is 30.3 Å². The van der Waals surface area contributed by atoms with E-state index < -0.39 is 0 Å². The lowest BCUT2D eigenvalue weighted by Gasteiger charge is -1.97. The van der Waals surface area contributed by atoms with Gasteiger partial charge in [-0.2, -0.15) is 10.2 Å². The molecule has 8 heteroatoms. The van der Waals surface area contributed by atoms with Crippen molar-refractivity contribution in [3.05, 3.63) is 80.5 Å². The van der Waals surface area contributed by atoms with Crippen molar-refractivity contribution in [2.24, 2.45) is 20.4 Å². The summed E-state index contributed by atoms with van der Waals surface area (Å²) >= 11 is 0. The van der Waals surface area contributed by atoms with Crippen molar-refractivity contribution in [3.8, 4) is 0 Å². The van der Waals surface area contributed by atoms with Crippen molar-refractivity contribution < 1.29 is 0 Å². The Kier molecular flexibility index (Phi) is 5.29. The lowest BCUT2D eigenvalue weighted by Crippen LogP contribution is -1.82. The summed E-state index contributed by atoms with van der Waals surface area (Å²) in [6.45, 7) is 0. The van der Waals surface area contributed by atoms with Crippen LogP contribution < -0.4 is 0 Å². The summed E-state index contributed by atoms with van der Waals surface area (Å²) in [6, 6.07) is 14.0. The van der Waals surface area contributed by atoms with Crippen molar-refractivity contribution in [1.29, 1.82) is 0 Å². The topological polar surface area (TPSA) is 122 Å². The van der Waals surface area contributed by atoms with Gasteiger partial charge in [0.25, 0.3) is 0 Å². The van der Waals surface area contributed by atoms with Crippen LogP contribution in [0.2, 0.25) is 0 Å². The molecule has 2 aromatic carbocycles. The van der Waals surface area contributed by atoms with Crippen LogP contribution in [-0.4, -0.2) is 12.4 Å². The molecule has 8 nitrogen and oxygen atoms in total. The molecule has 0 heterocycles. The molecule has 0 spiro atoms. The summed E-state index contributed by atoms with van der Waals surface area (Å²) < 4.78 is 0. The maximum Gasteiger partial charge on any atom is 0.0572 e. The zero-order valence-corrected chi connectivity index (χ0v) is 11.4. The van der Waals surface area contributed by atoms with Crippen LogP contribution in [0.15, 0.2) is 69.0 Å². The van der Waals surface area contributed by atoms with Gasteiger partial charge in [-0.1, -0.05) is 58.8 Å². The summed E-state index contributed by atoms with van der Waals surface area (Å²) in [5, 5.41) is 14.9. The smallest absolute Gasteiger partial charge is 0.0572 e. The van der Waals surface area contributed by atoms with Gasteiger partial charge in [0, 0.05) is 32.3 Å². The minimum Gasteiger partial charge on any atom is -0.159 e. The van der Waals surface area contributed by atoms with Crippen LogP contribution in [0, 0.1) is 0 Å². The molecule has 0 saturated carbocycles. The second-order valence-corrected chi connectivity index (χ2v) is 3.99. The van der Waals surface area contributed by atoms with Crippen LogP contribution in [0.4, 0.5) is 11.4 Å². The van der Waals surface area contributed by atoms with Gasteiger partial charge in [0.15, 0.2) is 0 Å². The van der Waals surface area contributed by atoms with E-state index in [1.807, 2.05) is 0 Å². The van der Waals surface area contributed by atoms with E-state index in [0.29, 0.717) is 22.5 Å². The van der Waals surface area contributed by atoms with Crippen LogP contribution in [0.5, 0.6) is 0 Å². The van der Waals surface area contributed by atoms with Gasteiger partial charge in [-0.25, -0.2) is 0 Å². The number of hydrogen-bond acceptors (Lipinski definition) is 4. The predicted molar refractivity (Wildman–Crippen MR) is 85.7 cm³/mol. The lowest BCUT2D eigenvalue weighted by atomic mass is 10.2. The molecule has 0 bridgehead atoms. The molecule has 22 heavy (non-hydrogen) atoms. The predicted octanol–water partition coefficient (Wildman–Crippen LogP) is 5.02. The Morgan fingerprint density at radius 2 is 1.09 bits per heavy atom. The van der Waals surface area contributed by atoms with Gasteiger partial charge in [-0.05, 0) is 11.1 Å². The first-order valence-electron chi connectivity index (χ1n) is 6.20. The van der Waals surface area contributed by atoms with Gasteiger partial charge in [-0.3, -0.25) is 0 Å². The molecular formula is C14H10N8. The third-order valence-corrected chi connectivity index (χ3v) is 2.64. The van der Waals surface area contributed by atoms with Crippen molar-refractivity contribution in [2.75, 3.05) is 0 Å². The molecule has 2 rings (SSSR count). The fourth-order valence-corrected chi connectivity index (χ4v) is 1.66. The van der Waals surface area contributed by atoms with Crippen LogP contribution in [0.3, 0.4) is 0 Å². The maximum atomic E-state index is 8.49. The molecule has 0 amide bonds. The highest BCUT2D eigenvalue weighted by Crippen LogP contribution is 2.18. The SMILES string of the molecule is [N-]=[N+]=Nc1ccccc1/C=N/N=C/c1ccccc1N=[N+]=[N-]. The van der Waals surface area contributed by atoms with Crippen LogP contribution in [0.25, 0.3) is 20.9 Å². The Bertz CT molecular complexity index is 742.